The Morgan fingerprint density at radius 1 is 1.50 bits per heavy atom. The van der Waals surface area contributed by atoms with E-state index >= 15 is 0 Å². The Bertz CT molecular complexity index is 553. The fourth-order valence-corrected chi connectivity index (χ4v) is 4.29. The van der Waals surface area contributed by atoms with Crippen LogP contribution in [0.3, 0.4) is 0 Å². The summed E-state index contributed by atoms with van der Waals surface area (Å²) in [6.45, 7) is 6.31. The molecule has 8 heteroatoms. The van der Waals surface area contributed by atoms with Crippen molar-refractivity contribution in [3.63, 3.8) is 0 Å². The summed E-state index contributed by atoms with van der Waals surface area (Å²) in [7, 11) is -1.81. The average Bonchev–Trinajstić information content (AvgIpc) is 2.47. The highest BCUT2D eigenvalue weighted by molar-refractivity contribution is 7.86. The summed E-state index contributed by atoms with van der Waals surface area (Å²) in [6, 6.07) is 3.56. The lowest BCUT2D eigenvalue weighted by Crippen LogP contribution is -2.53. The molecule has 126 valence electrons. The lowest BCUT2D eigenvalue weighted by atomic mass is 10.1. The molecule has 0 saturated carbocycles. The van der Waals surface area contributed by atoms with Crippen molar-refractivity contribution >= 4 is 22.6 Å². The maximum absolute atomic E-state index is 12.8. The van der Waals surface area contributed by atoms with Gasteiger partial charge >= 0.3 is 0 Å². The second kappa shape index (κ2) is 8.21. The van der Waals surface area contributed by atoms with E-state index in [2.05, 4.69) is 10.3 Å². The predicted octanol–water partition coefficient (Wildman–Crippen LogP) is 1.28. The highest BCUT2D eigenvalue weighted by Gasteiger charge is 2.36. The summed E-state index contributed by atoms with van der Waals surface area (Å²) in [5, 5.41) is 3.26. The Kier molecular flexibility index (Phi) is 7.21. The first-order chi connectivity index (χ1) is 9.93. The molecule has 1 saturated heterocycles. The standard InChI is InChI=1S/C14H24N4O2S.ClH/c1-12(2)11-17(3)21(19,20)18-8-7-16-10-14(18)13-5-4-6-15-9-13;/h4-6,9,12,14,16H,7-8,10-11H2,1-3H3;1H. The number of nitrogens with zero attached hydrogens (tertiary/aromatic N) is 3. The van der Waals surface area contributed by atoms with Crippen LogP contribution in [0.25, 0.3) is 0 Å². The zero-order valence-electron chi connectivity index (χ0n) is 13.3. The minimum absolute atomic E-state index is 0. The predicted molar refractivity (Wildman–Crippen MR) is 90.2 cm³/mol. The Labute approximate surface area is 139 Å². The molecule has 1 aromatic rings. The van der Waals surface area contributed by atoms with Crippen molar-refractivity contribution in [1.29, 1.82) is 0 Å². The van der Waals surface area contributed by atoms with Crippen LogP contribution in [0.4, 0.5) is 0 Å². The molecule has 0 spiro atoms. The minimum atomic E-state index is -3.46. The van der Waals surface area contributed by atoms with Crippen molar-refractivity contribution in [3.05, 3.63) is 30.1 Å². The Morgan fingerprint density at radius 3 is 2.82 bits per heavy atom. The summed E-state index contributed by atoms with van der Waals surface area (Å²) in [5.74, 6) is 0.296. The molecule has 1 N–H and O–H groups in total. The molecule has 0 aromatic carbocycles. The van der Waals surface area contributed by atoms with Crippen LogP contribution in [0.5, 0.6) is 0 Å². The average molecular weight is 349 g/mol. The third kappa shape index (κ3) is 4.39. The Balaban J connectivity index is 0.00000242. The number of halogens is 1. The molecule has 1 atom stereocenters. The fraction of sp³-hybridized carbons (Fsp3) is 0.643. The van der Waals surface area contributed by atoms with Crippen molar-refractivity contribution in [2.24, 2.45) is 5.92 Å². The fourth-order valence-electron chi connectivity index (χ4n) is 2.61. The van der Waals surface area contributed by atoms with Gasteiger partial charge in [0.2, 0.25) is 0 Å². The van der Waals surface area contributed by atoms with Crippen molar-refractivity contribution in [2.45, 2.75) is 19.9 Å². The molecule has 22 heavy (non-hydrogen) atoms. The van der Waals surface area contributed by atoms with Crippen LogP contribution in [0.2, 0.25) is 0 Å². The third-order valence-electron chi connectivity index (χ3n) is 3.58. The van der Waals surface area contributed by atoms with E-state index in [9.17, 15) is 8.42 Å². The Hall–Kier alpha value is -0.730. The van der Waals surface area contributed by atoms with Gasteiger partial charge in [-0.05, 0) is 17.5 Å². The van der Waals surface area contributed by atoms with Crippen LogP contribution in [0, 0.1) is 5.92 Å². The Morgan fingerprint density at radius 2 is 2.23 bits per heavy atom. The highest BCUT2D eigenvalue weighted by Crippen LogP contribution is 2.26. The smallest absolute Gasteiger partial charge is 0.282 e. The van der Waals surface area contributed by atoms with E-state index in [0.29, 0.717) is 32.1 Å². The van der Waals surface area contributed by atoms with Gasteiger partial charge in [0, 0.05) is 45.6 Å². The maximum Gasteiger partial charge on any atom is 0.282 e. The molecule has 0 radical (unpaired) electrons. The van der Waals surface area contributed by atoms with E-state index in [1.165, 1.54) is 4.31 Å². The van der Waals surface area contributed by atoms with Crippen LogP contribution >= 0.6 is 12.4 Å². The molecular formula is C14H25ClN4O2S. The first kappa shape index (κ1) is 19.3. The van der Waals surface area contributed by atoms with E-state index in [0.717, 1.165) is 5.56 Å². The number of rotatable bonds is 5. The lowest BCUT2D eigenvalue weighted by molar-refractivity contribution is 0.248. The van der Waals surface area contributed by atoms with Gasteiger partial charge in [0.15, 0.2) is 0 Å². The third-order valence-corrected chi connectivity index (χ3v) is 5.54. The first-order valence-corrected chi connectivity index (χ1v) is 8.66. The molecule has 0 bridgehead atoms. The molecule has 1 unspecified atom stereocenters. The van der Waals surface area contributed by atoms with E-state index in [4.69, 9.17) is 0 Å². The molecule has 2 rings (SSSR count). The van der Waals surface area contributed by atoms with Gasteiger partial charge in [0.1, 0.15) is 0 Å². The minimum Gasteiger partial charge on any atom is -0.313 e. The molecule has 1 aliphatic heterocycles. The van der Waals surface area contributed by atoms with Gasteiger partial charge in [-0.1, -0.05) is 19.9 Å². The van der Waals surface area contributed by atoms with Gasteiger partial charge in [0.05, 0.1) is 6.04 Å². The lowest BCUT2D eigenvalue weighted by Gasteiger charge is -2.37. The van der Waals surface area contributed by atoms with Crippen molar-refractivity contribution in [1.82, 2.24) is 18.9 Å². The van der Waals surface area contributed by atoms with Crippen LogP contribution in [-0.4, -0.2) is 55.2 Å². The van der Waals surface area contributed by atoms with Crippen molar-refractivity contribution < 1.29 is 8.42 Å². The van der Waals surface area contributed by atoms with Crippen LogP contribution < -0.4 is 5.32 Å². The van der Waals surface area contributed by atoms with E-state index in [1.807, 2.05) is 26.0 Å². The summed E-state index contributed by atoms with van der Waals surface area (Å²) in [5.41, 5.74) is 0.922. The van der Waals surface area contributed by atoms with Gasteiger partial charge in [-0.15, -0.1) is 12.4 Å². The molecule has 0 aliphatic carbocycles. The second-order valence-electron chi connectivity index (χ2n) is 5.80. The molecule has 0 amide bonds. The van der Waals surface area contributed by atoms with E-state index in [-0.39, 0.29) is 18.4 Å². The van der Waals surface area contributed by atoms with Crippen LogP contribution in [-0.2, 0) is 10.2 Å². The summed E-state index contributed by atoms with van der Waals surface area (Å²) >= 11 is 0. The van der Waals surface area contributed by atoms with Crippen molar-refractivity contribution in [2.75, 3.05) is 33.2 Å². The second-order valence-corrected chi connectivity index (χ2v) is 7.79. The van der Waals surface area contributed by atoms with Gasteiger partial charge in [-0.3, -0.25) is 4.98 Å². The molecule has 1 fully saturated rings. The molecule has 1 aromatic heterocycles. The van der Waals surface area contributed by atoms with Gasteiger partial charge < -0.3 is 5.32 Å². The van der Waals surface area contributed by atoms with Crippen molar-refractivity contribution in [3.8, 4) is 0 Å². The highest BCUT2D eigenvalue weighted by atomic mass is 35.5. The monoisotopic (exact) mass is 348 g/mol. The first-order valence-electron chi connectivity index (χ1n) is 7.26. The zero-order chi connectivity index (χ0) is 15.5. The molecule has 6 nitrogen and oxygen atoms in total. The summed E-state index contributed by atoms with van der Waals surface area (Å²) in [6.07, 6.45) is 3.44. The van der Waals surface area contributed by atoms with Gasteiger partial charge in [-0.25, -0.2) is 0 Å². The normalized spacial score (nSPS) is 20.1. The number of hydrogen-bond acceptors (Lipinski definition) is 4. The number of pyridine rings is 1. The summed E-state index contributed by atoms with van der Waals surface area (Å²) < 4.78 is 28.7. The number of nitrogens with one attached hydrogen (secondary N) is 1. The van der Waals surface area contributed by atoms with E-state index in [1.54, 1.807) is 23.7 Å². The van der Waals surface area contributed by atoms with Crippen LogP contribution in [0.15, 0.2) is 24.5 Å². The van der Waals surface area contributed by atoms with Gasteiger partial charge in [-0.2, -0.15) is 17.0 Å². The SMILES string of the molecule is CC(C)CN(C)S(=O)(=O)N1CCNCC1c1cccnc1.Cl. The molecule has 2 heterocycles. The van der Waals surface area contributed by atoms with Crippen LogP contribution in [0.1, 0.15) is 25.5 Å². The van der Waals surface area contributed by atoms with E-state index < -0.39 is 10.2 Å². The topological polar surface area (TPSA) is 65.5 Å². The molecule has 1 aliphatic rings. The number of piperazine rings is 1. The maximum atomic E-state index is 12.8. The largest absolute Gasteiger partial charge is 0.313 e. The van der Waals surface area contributed by atoms with Gasteiger partial charge in [0.25, 0.3) is 10.2 Å². The quantitative estimate of drug-likeness (QED) is 0.870. The number of aromatic nitrogens is 1. The molecular weight excluding hydrogens is 324 g/mol. The number of hydrogen-bond donors (Lipinski definition) is 1. The zero-order valence-corrected chi connectivity index (χ0v) is 14.9. The summed E-state index contributed by atoms with van der Waals surface area (Å²) in [4.78, 5) is 4.11.